The summed E-state index contributed by atoms with van der Waals surface area (Å²) < 4.78 is 0. The van der Waals surface area contributed by atoms with E-state index in [9.17, 15) is 0 Å². The SMILES string of the molecule is CCNC(CSc1ccc(Cl)cc1)Cc1nc(C)c(C)s1. The summed E-state index contributed by atoms with van der Waals surface area (Å²) in [5.41, 5.74) is 1.16. The Labute approximate surface area is 140 Å². The van der Waals surface area contributed by atoms with Crippen LogP contribution in [0.5, 0.6) is 0 Å². The number of halogens is 1. The molecule has 1 atom stereocenters. The maximum atomic E-state index is 5.92. The molecule has 2 rings (SSSR count). The van der Waals surface area contributed by atoms with E-state index in [0.29, 0.717) is 6.04 Å². The van der Waals surface area contributed by atoms with Crippen LogP contribution in [0.4, 0.5) is 0 Å². The van der Waals surface area contributed by atoms with E-state index in [1.807, 2.05) is 35.2 Å². The summed E-state index contributed by atoms with van der Waals surface area (Å²) >= 11 is 9.60. The number of thiazole rings is 1. The standard InChI is InChI=1S/C16H21ClN2S2/c1-4-18-14(9-16-19-11(2)12(3)21-16)10-20-15-7-5-13(17)6-8-15/h5-8,14,18H,4,9-10H2,1-3H3. The van der Waals surface area contributed by atoms with Crippen molar-refractivity contribution in [1.29, 1.82) is 0 Å². The lowest BCUT2D eigenvalue weighted by atomic mass is 10.2. The molecule has 0 bridgehead atoms. The second kappa shape index (κ2) is 8.18. The molecule has 0 aliphatic carbocycles. The van der Waals surface area contributed by atoms with Gasteiger partial charge in [-0.3, -0.25) is 0 Å². The van der Waals surface area contributed by atoms with Gasteiger partial charge in [0.2, 0.25) is 0 Å². The summed E-state index contributed by atoms with van der Waals surface area (Å²) in [5.74, 6) is 1.03. The molecule has 21 heavy (non-hydrogen) atoms. The van der Waals surface area contributed by atoms with E-state index < -0.39 is 0 Å². The maximum absolute atomic E-state index is 5.92. The van der Waals surface area contributed by atoms with Crippen molar-refractivity contribution in [3.8, 4) is 0 Å². The van der Waals surface area contributed by atoms with Crippen LogP contribution in [-0.4, -0.2) is 23.3 Å². The molecule has 2 aromatic rings. The van der Waals surface area contributed by atoms with E-state index >= 15 is 0 Å². The van der Waals surface area contributed by atoms with E-state index in [-0.39, 0.29) is 0 Å². The third-order valence-corrected chi connectivity index (χ3v) is 5.77. The number of benzene rings is 1. The Hall–Kier alpha value is -0.550. The zero-order chi connectivity index (χ0) is 15.2. The Balaban J connectivity index is 1.93. The summed E-state index contributed by atoms with van der Waals surface area (Å²) in [5, 5.41) is 5.58. The molecular formula is C16H21ClN2S2. The van der Waals surface area contributed by atoms with Crippen molar-refractivity contribution in [3.05, 3.63) is 44.9 Å². The topological polar surface area (TPSA) is 24.9 Å². The summed E-state index contributed by atoms with van der Waals surface area (Å²) in [6.45, 7) is 7.36. The fourth-order valence-corrected chi connectivity index (χ4v) is 4.14. The number of hydrogen-bond donors (Lipinski definition) is 1. The van der Waals surface area contributed by atoms with Gasteiger partial charge in [0.15, 0.2) is 0 Å². The molecule has 1 unspecified atom stereocenters. The van der Waals surface area contributed by atoms with Crippen molar-refractivity contribution < 1.29 is 0 Å². The van der Waals surface area contributed by atoms with Gasteiger partial charge in [0.1, 0.15) is 0 Å². The van der Waals surface area contributed by atoms with Crippen LogP contribution in [0.25, 0.3) is 0 Å². The minimum atomic E-state index is 0.445. The van der Waals surface area contributed by atoms with Crippen LogP contribution in [0.2, 0.25) is 5.02 Å². The first-order chi connectivity index (χ1) is 10.1. The van der Waals surface area contributed by atoms with Crippen LogP contribution >= 0.6 is 34.7 Å². The van der Waals surface area contributed by atoms with E-state index in [0.717, 1.165) is 29.4 Å². The number of nitrogens with zero attached hydrogens (tertiary/aromatic N) is 1. The maximum Gasteiger partial charge on any atom is 0.0946 e. The molecule has 1 heterocycles. The molecule has 0 radical (unpaired) electrons. The predicted molar refractivity (Wildman–Crippen MR) is 94.9 cm³/mol. The minimum Gasteiger partial charge on any atom is -0.313 e. The molecule has 1 aromatic heterocycles. The Morgan fingerprint density at radius 2 is 2.00 bits per heavy atom. The summed E-state index contributed by atoms with van der Waals surface area (Å²) in [6.07, 6.45) is 0.994. The Morgan fingerprint density at radius 3 is 2.57 bits per heavy atom. The predicted octanol–water partition coefficient (Wildman–Crippen LogP) is 4.73. The number of thioether (sulfide) groups is 1. The van der Waals surface area contributed by atoms with Crippen molar-refractivity contribution in [2.75, 3.05) is 12.3 Å². The van der Waals surface area contributed by atoms with Gasteiger partial charge in [-0.15, -0.1) is 23.1 Å². The second-order valence-corrected chi connectivity index (χ2v) is 7.79. The van der Waals surface area contributed by atoms with Crippen molar-refractivity contribution >= 4 is 34.7 Å². The molecule has 0 aliphatic rings. The van der Waals surface area contributed by atoms with Gasteiger partial charge in [0.25, 0.3) is 0 Å². The first kappa shape index (κ1) is 16.8. The van der Waals surface area contributed by atoms with Crippen molar-refractivity contribution in [2.24, 2.45) is 0 Å². The van der Waals surface area contributed by atoms with Gasteiger partial charge in [0, 0.05) is 33.0 Å². The summed E-state index contributed by atoms with van der Waals surface area (Å²) in [7, 11) is 0. The lowest BCUT2D eigenvalue weighted by Gasteiger charge is -2.16. The number of aromatic nitrogens is 1. The first-order valence-corrected chi connectivity index (χ1v) is 9.31. The van der Waals surface area contributed by atoms with Gasteiger partial charge in [-0.1, -0.05) is 18.5 Å². The highest BCUT2D eigenvalue weighted by Gasteiger charge is 2.13. The number of likely N-dealkylation sites (N-methyl/N-ethyl adjacent to an activating group) is 1. The van der Waals surface area contributed by atoms with Gasteiger partial charge >= 0.3 is 0 Å². The quantitative estimate of drug-likeness (QED) is 0.738. The average molecular weight is 341 g/mol. The molecule has 0 aliphatic heterocycles. The van der Waals surface area contributed by atoms with Gasteiger partial charge in [-0.2, -0.15) is 0 Å². The Bertz CT molecular complexity index is 547. The normalized spacial score (nSPS) is 12.6. The van der Waals surface area contributed by atoms with Crippen LogP contribution < -0.4 is 5.32 Å². The second-order valence-electron chi connectivity index (χ2n) is 4.97. The Morgan fingerprint density at radius 1 is 1.29 bits per heavy atom. The highest BCUT2D eigenvalue weighted by atomic mass is 35.5. The van der Waals surface area contributed by atoms with E-state index in [2.05, 4.69) is 43.2 Å². The van der Waals surface area contributed by atoms with Crippen molar-refractivity contribution in [3.63, 3.8) is 0 Å². The summed E-state index contributed by atoms with van der Waals surface area (Å²) in [4.78, 5) is 7.23. The fourth-order valence-electron chi connectivity index (χ4n) is 2.04. The van der Waals surface area contributed by atoms with Crippen LogP contribution in [0.3, 0.4) is 0 Å². The van der Waals surface area contributed by atoms with E-state index in [4.69, 9.17) is 11.6 Å². The number of hydrogen-bond acceptors (Lipinski definition) is 4. The van der Waals surface area contributed by atoms with E-state index in [1.54, 1.807) is 0 Å². The lowest BCUT2D eigenvalue weighted by Crippen LogP contribution is -2.33. The van der Waals surface area contributed by atoms with Crippen molar-refractivity contribution in [1.82, 2.24) is 10.3 Å². The number of nitrogens with one attached hydrogen (secondary N) is 1. The number of rotatable bonds is 7. The molecule has 5 heteroatoms. The molecule has 0 amide bonds. The average Bonchev–Trinajstić information content (AvgIpc) is 2.76. The molecule has 0 spiro atoms. The van der Waals surface area contributed by atoms with E-state index in [1.165, 1.54) is 14.8 Å². The first-order valence-electron chi connectivity index (χ1n) is 7.13. The molecular weight excluding hydrogens is 320 g/mol. The number of aryl methyl sites for hydroxylation is 2. The zero-order valence-corrected chi connectivity index (χ0v) is 15.0. The highest BCUT2D eigenvalue weighted by molar-refractivity contribution is 7.99. The summed E-state index contributed by atoms with van der Waals surface area (Å²) in [6, 6.07) is 8.49. The van der Waals surface area contributed by atoms with Crippen LogP contribution in [-0.2, 0) is 6.42 Å². The molecule has 1 N–H and O–H groups in total. The fraction of sp³-hybridized carbons (Fsp3) is 0.438. The molecule has 0 saturated heterocycles. The van der Waals surface area contributed by atoms with Crippen LogP contribution in [0.1, 0.15) is 22.5 Å². The lowest BCUT2D eigenvalue weighted by molar-refractivity contribution is 0.571. The van der Waals surface area contributed by atoms with Crippen LogP contribution in [0, 0.1) is 13.8 Å². The monoisotopic (exact) mass is 340 g/mol. The highest BCUT2D eigenvalue weighted by Crippen LogP contribution is 2.23. The largest absolute Gasteiger partial charge is 0.313 e. The molecule has 0 fully saturated rings. The third-order valence-electron chi connectivity index (χ3n) is 3.25. The van der Waals surface area contributed by atoms with Crippen molar-refractivity contribution in [2.45, 2.75) is 38.1 Å². The van der Waals surface area contributed by atoms with Gasteiger partial charge in [-0.05, 0) is 44.7 Å². The molecule has 114 valence electrons. The smallest absolute Gasteiger partial charge is 0.0946 e. The minimum absolute atomic E-state index is 0.445. The molecule has 1 aromatic carbocycles. The third kappa shape index (κ3) is 5.29. The Kier molecular flexibility index (Phi) is 6.55. The van der Waals surface area contributed by atoms with Gasteiger partial charge < -0.3 is 5.32 Å². The van der Waals surface area contributed by atoms with Gasteiger partial charge in [-0.25, -0.2) is 4.98 Å². The molecule has 0 saturated carbocycles. The zero-order valence-electron chi connectivity index (χ0n) is 12.6. The van der Waals surface area contributed by atoms with Gasteiger partial charge in [0.05, 0.1) is 10.7 Å². The molecule has 2 nitrogen and oxygen atoms in total. The van der Waals surface area contributed by atoms with Crippen LogP contribution in [0.15, 0.2) is 29.2 Å².